The van der Waals surface area contributed by atoms with Crippen molar-refractivity contribution in [3.63, 3.8) is 0 Å². The van der Waals surface area contributed by atoms with Crippen LogP contribution >= 0.6 is 0 Å². The summed E-state index contributed by atoms with van der Waals surface area (Å²) in [4.78, 5) is 30.4. The van der Waals surface area contributed by atoms with Gasteiger partial charge in [-0.3, -0.25) is 9.59 Å². The van der Waals surface area contributed by atoms with E-state index in [-0.39, 0.29) is 11.6 Å². The van der Waals surface area contributed by atoms with Crippen molar-refractivity contribution in [1.29, 1.82) is 0 Å². The Morgan fingerprint density at radius 3 is 1.93 bits per heavy atom. The SMILES string of the molecule is CC1=CC(=C2C(=O)c3ccccc3C2=O)C=C(C)N1CCN1CCCCC1. The second-order valence-electron chi connectivity index (χ2n) is 7.66. The number of allylic oxidation sites excluding steroid dienone is 6. The second kappa shape index (κ2) is 7.28. The molecule has 0 spiro atoms. The predicted molar refractivity (Wildman–Crippen MR) is 107 cm³/mol. The Labute approximate surface area is 160 Å². The second-order valence-corrected chi connectivity index (χ2v) is 7.66. The third-order valence-corrected chi connectivity index (χ3v) is 5.83. The molecular weight excluding hydrogens is 336 g/mol. The molecule has 1 saturated heterocycles. The van der Waals surface area contributed by atoms with E-state index in [9.17, 15) is 9.59 Å². The Morgan fingerprint density at radius 2 is 1.37 bits per heavy atom. The van der Waals surface area contributed by atoms with Crippen molar-refractivity contribution < 1.29 is 9.59 Å². The minimum atomic E-state index is -0.152. The normalized spacial score (nSPS) is 20.7. The molecule has 1 aliphatic carbocycles. The summed E-state index contributed by atoms with van der Waals surface area (Å²) in [5.41, 5.74) is 4.28. The van der Waals surface area contributed by atoms with E-state index in [4.69, 9.17) is 0 Å². The maximum atomic E-state index is 12.8. The van der Waals surface area contributed by atoms with E-state index in [0.717, 1.165) is 30.1 Å². The van der Waals surface area contributed by atoms with Crippen molar-refractivity contribution in [2.45, 2.75) is 33.1 Å². The number of benzene rings is 1. The van der Waals surface area contributed by atoms with E-state index in [0.29, 0.717) is 16.7 Å². The molecule has 0 unspecified atom stereocenters. The Bertz CT molecular complexity index is 826. The molecule has 4 nitrogen and oxygen atoms in total. The largest absolute Gasteiger partial charge is 0.348 e. The van der Waals surface area contributed by atoms with Crippen LogP contribution in [0.3, 0.4) is 0 Å². The van der Waals surface area contributed by atoms with Crippen molar-refractivity contribution in [1.82, 2.24) is 9.80 Å². The monoisotopic (exact) mass is 362 g/mol. The molecular formula is C23H26N2O2. The van der Waals surface area contributed by atoms with Crippen LogP contribution in [0.1, 0.15) is 53.8 Å². The van der Waals surface area contributed by atoms with Gasteiger partial charge in [0.05, 0.1) is 5.57 Å². The van der Waals surface area contributed by atoms with Crippen LogP contribution in [-0.4, -0.2) is 47.5 Å². The molecule has 0 aromatic heterocycles. The molecule has 1 aromatic carbocycles. The summed E-state index contributed by atoms with van der Waals surface area (Å²) in [5, 5.41) is 0. The zero-order valence-electron chi connectivity index (χ0n) is 16.1. The number of hydrogen-bond acceptors (Lipinski definition) is 4. The van der Waals surface area contributed by atoms with Gasteiger partial charge in [0.2, 0.25) is 0 Å². The first kappa shape index (κ1) is 17.9. The Balaban J connectivity index is 1.57. The fraction of sp³-hybridized carbons (Fsp3) is 0.391. The van der Waals surface area contributed by atoms with Gasteiger partial charge in [0.25, 0.3) is 0 Å². The fourth-order valence-corrected chi connectivity index (χ4v) is 4.36. The first-order valence-corrected chi connectivity index (χ1v) is 9.85. The maximum Gasteiger partial charge on any atom is 0.198 e. The summed E-state index contributed by atoms with van der Waals surface area (Å²) in [7, 11) is 0. The predicted octanol–water partition coefficient (Wildman–Crippen LogP) is 3.97. The molecule has 27 heavy (non-hydrogen) atoms. The van der Waals surface area contributed by atoms with Crippen LogP contribution < -0.4 is 0 Å². The van der Waals surface area contributed by atoms with Crippen LogP contribution in [0, 0.1) is 0 Å². The summed E-state index contributed by atoms with van der Waals surface area (Å²) < 4.78 is 0. The third-order valence-electron chi connectivity index (χ3n) is 5.83. The summed E-state index contributed by atoms with van der Waals surface area (Å²) in [6, 6.07) is 7.10. The Morgan fingerprint density at radius 1 is 0.815 bits per heavy atom. The lowest BCUT2D eigenvalue weighted by atomic mass is 9.98. The minimum absolute atomic E-state index is 0.152. The Kier molecular flexibility index (Phi) is 4.83. The highest BCUT2D eigenvalue weighted by Gasteiger charge is 2.35. The molecule has 0 bridgehead atoms. The first-order valence-electron chi connectivity index (χ1n) is 9.85. The summed E-state index contributed by atoms with van der Waals surface area (Å²) in [6.07, 6.45) is 7.91. The molecule has 1 aromatic rings. The van der Waals surface area contributed by atoms with Crippen molar-refractivity contribution in [2.24, 2.45) is 0 Å². The molecule has 0 N–H and O–H groups in total. The number of Topliss-reactive ketones (excluding diaryl/α,β-unsaturated/α-hetero) is 2. The number of fused-ring (bicyclic) bond motifs is 1. The van der Waals surface area contributed by atoms with E-state index in [2.05, 4.69) is 23.6 Å². The number of carbonyl (C=O) groups excluding carboxylic acids is 2. The average molecular weight is 362 g/mol. The van der Waals surface area contributed by atoms with Crippen LogP contribution in [0.2, 0.25) is 0 Å². The van der Waals surface area contributed by atoms with Crippen LogP contribution in [-0.2, 0) is 0 Å². The van der Waals surface area contributed by atoms with E-state index >= 15 is 0 Å². The first-order chi connectivity index (χ1) is 13.1. The number of carbonyl (C=O) groups is 2. The highest BCUT2D eigenvalue weighted by atomic mass is 16.2. The number of hydrogen-bond donors (Lipinski definition) is 0. The van der Waals surface area contributed by atoms with Crippen LogP contribution in [0.15, 0.2) is 59.0 Å². The van der Waals surface area contributed by atoms with Gasteiger partial charge in [-0.15, -0.1) is 0 Å². The van der Waals surface area contributed by atoms with Gasteiger partial charge < -0.3 is 9.80 Å². The van der Waals surface area contributed by atoms with Crippen molar-refractivity contribution in [3.05, 3.63) is 70.1 Å². The van der Waals surface area contributed by atoms with Gasteiger partial charge in [0, 0.05) is 35.6 Å². The topological polar surface area (TPSA) is 40.6 Å². The maximum absolute atomic E-state index is 12.8. The minimum Gasteiger partial charge on any atom is -0.348 e. The van der Waals surface area contributed by atoms with Crippen molar-refractivity contribution in [2.75, 3.05) is 26.2 Å². The lowest BCUT2D eigenvalue weighted by Gasteiger charge is -2.33. The van der Waals surface area contributed by atoms with E-state index in [1.165, 1.54) is 32.4 Å². The molecule has 4 rings (SSSR count). The van der Waals surface area contributed by atoms with Gasteiger partial charge in [-0.25, -0.2) is 0 Å². The van der Waals surface area contributed by atoms with Gasteiger partial charge in [-0.1, -0.05) is 30.7 Å². The van der Waals surface area contributed by atoms with Crippen molar-refractivity contribution in [3.8, 4) is 0 Å². The summed E-state index contributed by atoms with van der Waals surface area (Å²) in [6.45, 7) is 8.49. The molecule has 2 aliphatic heterocycles. The zero-order chi connectivity index (χ0) is 19.0. The molecule has 140 valence electrons. The lowest BCUT2D eigenvalue weighted by molar-refractivity contribution is 0.0988. The fourth-order valence-electron chi connectivity index (χ4n) is 4.36. The number of rotatable bonds is 3. The number of nitrogens with zero attached hydrogens (tertiary/aromatic N) is 2. The molecule has 4 heteroatoms. The average Bonchev–Trinajstić information content (AvgIpc) is 2.93. The van der Waals surface area contributed by atoms with E-state index < -0.39 is 0 Å². The molecule has 0 atom stereocenters. The quantitative estimate of drug-likeness (QED) is 0.603. The number of likely N-dealkylation sites (tertiary alicyclic amines) is 1. The van der Waals surface area contributed by atoms with Crippen LogP contribution in [0.25, 0.3) is 0 Å². The highest BCUT2D eigenvalue weighted by molar-refractivity contribution is 6.40. The van der Waals surface area contributed by atoms with Crippen LogP contribution in [0.5, 0.6) is 0 Å². The number of piperidine rings is 1. The van der Waals surface area contributed by atoms with Gasteiger partial charge in [-0.2, -0.15) is 0 Å². The summed E-state index contributed by atoms with van der Waals surface area (Å²) >= 11 is 0. The number of ketones is 2. The third kappa shape index (κ3) is 3.30. The smallest absolute Gasteiger partial charge is 0.198 e. The molecule has 0 saturated carbocycles. The molecule has 0 radical (unpaired) electrons. The van der Waals surface area contributed by atoms with Gasteiger partial charge in [-0.05, 0) is 57.5 Å². The van der Waals surface area contributed by atoms with Crippen LogP contribution in [0.4, 0.5) is 0 Å². The van der Waals surface area contributed by atoms with Crippen molar-refractivity contribution >= 4 is 11.6 Å². The van der Waals surface area contributed by atoms with Gasteiger partial charge in [0.15, 0.2) is 11.6 Å². The van der Waals surface area contributed by atoms with E-state index in [1.807, 2.05) is 24.3 Å². The Hall–Kier alpha value is -2.46. The molecule has 2 heterocycles. The standard InChI is InChI=1S/C23H26N2O2/c1-16-14-18(21-22(26)19-8-4-5-9-20(19)23(21)27)15-17(2)25(16)13-12-24-10-6-3-7-11-24/h4-5,8-9,14-15H,3,6-7,10-13H2,1-2H3. The van der Waals surface area contributed by atoms with Gasteiger partial charge >= 0.3 is 0 Å². The molecule has 3 aliphatic rings. The van der Waals surface area contributed by atoms with E-state index in [1.54, 1.807) is 12.1 Å². The van der Waals surface area contributed by atoms with Gasteiger partial charge in [0.1, 0.15) is 0 Å². The molecule has 1 fully saturated rings. The highest BCUT2D eigenvalue weighted by Crippen LogP contribution is 2.32. The lowest BCUT2D eigenvalue weighted by Crippen LogP contribution is -2.37. The molecule has 0 amide bonds. The summed E-state index contributed by atoms with van der Waals surface area (Å²) in [5.74, 6) is -0.305. The zero-order valence-corrected chi connectivity index (χ0v) is 16.1.